The van der Waals surface area contributed by atoms with Gasteiger partial charge >= 0.3 is 0 Å². The number of nitrogens with one attached hydrogen (secondary N) is 2. The lowest BCUT2D eigenvalue weighted by Gasteiger charge is -2.21. The minimum absolute atomic E-state index is 0.0954. The maximum Gasteiger partial charge on any atom is 0.231 e. The molecule has 5 aromatic rings. The number of nitrogens with two attached hydrogens (primary N) is 1. The number of amides is 1. The third kappa shape index (κ3) is 4.55. The lowest BCUT2D eigenvalue weighted by Crippen LogP contribution is -2.42. The van der Waals surface area contributed by atoms with Crippen LogP contribution in [0, 0.1) is 0 Å². The van der Waals surface area contributed by atoms with Gasteiger partial charge in [0.05, 0.1) is 22.5 Å². The fourth-order valence-electron chi connectivity index (χ4n) is 4.41. The van der Waals surface area contributed by atoms with Crippen LogP contribution < -0.4 is 11.1 Å². The predicted molar refractivity (Wildman–Crippen MR) is 138 cm³/mol. The highest BCUT2D eigenvalue weighted by Gasteiger charge is 2.32. The second-order valence-electron chi connectivity index (χ2n) is 9.40. The molecule has 2 aromatic carbocycles. The zero-order valence-electron chi connectivity index (χ0n) is 20.1. The van der Waals surface area contributed by atoms with Crippen molar-refractivity contribution in [2.45, 2.75) is 32.1 Å². The van der Waals surface area contributed by atoms with Crippen LogP contribution in [-0.4, -0.2) is 38.3 Å². The van der Waals surface area contributed by atoms with E-state index in [1.54, 1.807) is 0 Å². The van der Waals surface area contributed by atoms with Crippen LogP contribution >= 0.6 is 0 Å². The Morgan fingerprint density at radius 3 is 2.60 bits per heavy atom. The Kier molecular flexibility index (Phi) is 6.09. The van der Waals surface area contributed by atoms with Gasteiger partial charge < -0.3 is 20.4 Å². The first kappa shape index (κ1) is 22.8. The van der Waals surface area contributed by atoms with E-state index in [0.717, 1.165) is 28.1 Å². The molecule has 7 heteroatoms. The van der Waals surface area contributed by atoms with Gasteiger partial charge in [-0.15, -0.1) is 0 Å². The second-order valence-corrected chi connectivity index (χ2v) is 9.40. The summed E-state index contributed by atoms with van der Waals surface area (Å²) in [5.74, 6) is -0.0954. The smallest absolute Gasteiger partial charge is 0.231 e. The number of carbonyl (C=O) groups excluding carboxylic acids is 1. The molecule has 0 aliphatic heterocycles. The highest BCUT2D eigenvalue weighted by molar-refractivity contribution is 5.87. The van der Waals surface area contributed by atoms with Gasteiger partial charge in [0, 0.05) is 55.4 Å². The van der Waals surface area contributed by atoms with E-state index in [1.165, 1.54) is 10.9 Å². The maximum absolute atomic E-state index is 12.9. The van der Waals surface area contributed by atoms with Gasteiger partial charge in [0.15, 0.2) is 5.65 Å². The fourth-order valence-corrected chi connectivity index (χ4v) is 4.41. The molecule has 0 bridgehead atoms. The Hall–Kier alpha value is -3.97. The van der Waals surface area contributed by atoms with E-state index < -0.39 is 5.41 Å². The van der Waals surface area contributed by atoms with Crippen LogP contribution in [0.2, 0.25) is 0 Å². The first-order valence-electron chi connectivity index (χ1n) is 11.9. The summed E-state index contributed by atoms with van der Waals surface area (Å²) in [4.78, 5) is 26.2. The number of fused-ring (bicyclic) bond motifs is 2. The molecule has 0 aliphatic rings. The second kappa shape index (κ2) is 9.35. The van der Waals surface area contributed by atoms with Crippen molar-refractivity contribution in [1.29, 1.82) is 0 Å². The largest absolute Gasteiger partial charge is 0.361 e. The third-order valence-electron chi connectivity index (χ3n) is 6.46. The molecule has 7 nitrogen and oxygen atoms in total. The fraction of sp³-hybridized carbons (Fsp3) is 0.250. The van der Waals surface area contributed by atoms with E-state index in [4.69, 9.17) is 15.7 Å². The van der Waals surface area contributed by atoms with Crippen LogP contribution in [0.5, 0.6) is 0 Å². The number of para-hydroxylation sites is 1. The van der Waals surface area contributed by atoms with Crippen LogP contribution in [0.15, 0.2) is 73.2 Å². The van der Waals surface area contributed by atoms with Crippen molar-refractivity contribution in [1.82, 2.24) is 24.7 Å². The number of aromatic nitrogens is 4. The van der Waals surface area contributed by atoms with Crippen molar-refractivity contribution < 1.29 is 4.79 Å². The van der Waals surface area contributed by atoms with Crippen molar-refractivity contribution in [3.8, 4) is 0 Å². The van der Waals surface area contributed by atoms with Crippen LogP contribution in [0.25, 0.3) is 16.6 Å². The van der Waals surface area contributed by atoms with Gasteiger partial charge in [0.2, 0.25) is 5.91 Å². The van der Waals surface area contributed by atoms with Gasteiger partial charge in [-0.25, -0.2) is 4.98 Å². The number of aromatic amines is 1. The van der Waals surface area contributed by atoms with Crippen molar-refractivity contribution in [3.05, 3.63) is 101 Å². The van der Waals surface area contributed by atoms with Crippen LogP contribution in [0.3, 0.4) is 0 Å². The highest BCUT2D eigenvalue weighted by atomic mass is 16.2. The van der Waals surface area contributed by atoms with Crippen molar-refractivity contribution in [2.24, 2.45) is 5.73 Å². The number of carbonyl (C=O) groups is 1. The molecule has 178 valence electrons. The summed E-state index contributed by atoms with van der Waals surface area (Å²) in [5.41, 5.74) is 11.5. The standard InChI is InChI=1S/C28H30N6O/c1-28(2,27(35)30-13-12-29)25-18-34-17-21(14-19-8-4-3-5-9-19)32-24(26(34)33-25)15-20-16-31-23-11-7-6-10-22(20)23/h3-11,16-18,31H,12-15,29H2,1-2H3,(H,30,35). The minimum Gasteiger partial charge on any atom is -0.361 e. The molecule has 1 amide bonds. The van der Waals surface area contributed by atoms with Crippen molar-refractivity contribution in [3.63, 3.8) is 0 Å². The normalized spacial score (nSPS) is 11.9. The average Bonchev–Trinajstić information content (AvgIpc) is 3.48. The van der Waals surface area contributed by atoms with Crippen molar-refractivity contribution in [2.75, 3.05) is 13.1 Å². The van der Waals surface area contributed by atoms with Gasteiger partial charge in [-0.3, -0.25) is 9.78 Å². The molecule has 0 fully saturated rings. The van der Waals surface area contributed by atoms with E-state index in [2.05, 4.69) is 34.6 Å². The molecular formula is C28H30N6O. The number of benzene rings is 2. The van der Waals surface area contributed by atoms with Crippen LogP contribution in [0.4, 0.5) is 0 Å². The first-order chi connectivity index (χ1) is 17.0. The number of hydrogen-bond acceptors (Lipinski definition) is 4. The molecule has 0 saturated heterocycles. The van der Waals surface area contributed by atoms with Gasteiger partial charge in [-0.1, -0.05) is 48.5 Å². The highest BCUT2D eigenvalue weighted by Crippen LogP contribution is 2.27. The molecule has 0 saturated carbocycles. The summed E-state index contributed by atoms with van der Waals surface area (Å²) in [5, 5.41) is 4.07. The summed E-state index contributed by atoms with van der Waals surface area (Å²) in [6, 6.07) is 18.6. The Morgan fingerprint density at radius 1 is 1.03 bits per heavy atom. The molecule has 0 spiro atoms. The quantitative estimate of drug-likeness (QED) is 0.324. The molecule has 0 aliphatic carbocycles. The summed E-state index contributed by atoms with van der Waals surface area (Å²) < 4.78 is 2.02. The van der Waals surface area contributed by atoms with E-state index >= 15 is 0 Å². The van der Waals surface area contributed by atoms with Gasteiger partial charge in [-0.05, 0) is 31.0 Å². The summed E-state index contributed by atoms with van der Waals surface area (Å²) in [7, 11) is 0. The third-order valence-corrected chi connectivity index (χ3v) is 6.46. The average molecular weight is 467 g/mol. The summed E-state index contributed by atoms with van der Waals surface area (Å²) in [6.45, 7) is 4.61. The number of imidazole rings is 1. The summed E-state index contributed by atoms with van der Waals surface area (Å²) >= 11 is 0. The molecule has 0 unspecified atom stereocenters. The molecule has 35 heavy (non-hydrogen) atoms. The van der Waals surface area contributed by atoms with E-state index in [9.17, 15) is 4.79 Å². The molecule has 0 atom stereocenters. The first-order valence-corrected chi connectivity index (χ1v) is 11.9. The van der Waals surface area contributed by atoms with Crippen LogP contribution in [0.1, 0.15) is 42.1 Å². The number of rotatable bonds is 8. The minimum atomic E-state index is -0.807. The molecule has 3 heterocycles. The van der Waals surface area contributed by atoms with Crippen molar-refractivity contribution >= 4 is 22.5 Å². The zero-order valence-corrected chi connectivity index (χ0v) is 20.1. The Labute approximate surface area is 204 Å². The van der Waals surface area contributed by atoms with E-state index in [1.807, 2.05) is 67.2 Å². The molecule has 4 N–H and O–H groups in total. The SMILES string of the molecule is CC(C)(C(=O)NCCN)c1cn2cc(Cc3ccccc3)nc(Cc3c[nH]c4ccccc34)c2n1. The molecule has 0 radical (unpaired) electrons. The lowest BCUT2D eigenvalue weighted by molar-refractivity contribution is -0.125. The number of H-pyrrole nitrogens is 1. The van der Waals surface area contributed by atoms with E-state index in [0.29, 0.717) is 31.6 Å². The summed E-state index contributed by atoms with van der Waals surface area (Å²) in [6.07, 6.45) is 7.36. The molecular weight excluding hydrogens is 436 g/mol. The Balaban J connectivity index is 1.59. The number of hydrogen-bond donors (Lipinski definition) is 3. The van der Waals surface area contributed by atoms with Gasteiger partial charge in [0.25, 0.3) is 0 Å². The monoisotopic (exact) mass is 466 g/mol. The lowest BCUT2D eigenvalue weighted by atomic mass is 9.89. The van der Waals surface area contributed by atoms with Crippen LogP contribution in [-0.2, 0) is 23.1 Å². The topological polar surface area (TPSA) is 101 Å². The molecule has 5 rings (SSSR count). The maximum atomic E-state index is 12.9. The van der Waals surface area contributed by atoms with Gasteiger partial charge in [-0.2, -0.15) is 0 Å². The predicted octanol–water partition coefficient (Wildman–Crippen LogP) is 3.74. The zero-order chi connectivity index (χ0) is 24.4. The van der Waals surface area contributed by atoms with Gasteiger partial charge in [0.1, 0.15) is 0 Å². The molecule has 3 aromatic heterocycles. The Morgan fingerprint density at radius 2 is 1.80 bits per heavy atom. The Bertz CT molecular complexity index is 1480. The van der Waals surface area contributed by atoms with E-state index in [-0.39, 0.29) is 5.91 Å². The number of nitrogens with zero attached hydrogens (tertiary/aromatic N) is 3.